The fourth-order valence-corrected chi connectivity index (χ4v) is 3.36. The van der Waals surface area contributed by atoms with Crippen LogP contribution in [0.2, 0.25) is 5.02 Å². The van der Waals surface area contributed by atoms with E-state index in [1.165, 1.54) is 11.1 Å². The van der Waals surface area contributed by atoms with Crippen LogP contribution in [0.3, 0.4) is 0 Å². The van der Waals surface area contributed by atoms with Gasteiger partial charge in [0.15, 0.2) is 0 Å². The SMILES string of the molecule is O=C(Nc1ccc(N2CCc3ccccc3C2)nc1)c1cccc(Cl)c1. The van der Waals surface area contributed by atoms with Crippen molar-refractivity contribution in [2.45, 2.75) is 13.0 Å². The average Bonchev–Trinajstić information content (AvgIpc) is 2.68. The zero-order chi connectivity index (χ0) is 17.9. The van der Waals surface area contributed by atoms with Crippen LogP contribution in [-0.4, -0.2) is 17.4 Å². The summed E-state index contributed by atoms with van der Waals surface area (Å²) in [6.07, 6.45) is 2.71. The Morgan fingerprint density at radius 2 is 1.88 bits per heavy atom. The summed E-state index contributed by atoms with van der Waals surface area (Å²) in [5.41, 5.74) is 3.94. The third-order valence-electron chi connectivity index (χ3n) is 4.55. The third-order valence-corrected chi connectivity index (χ3v) is 4.78. The molecule has 0 aliphatic carbocycles. The van der Waals surface area contributed by atoms with Crippen LogP contribution >= 0.6 is 11.6 Å². The van der Waals surface area contributed by atoms with Crippen molar-refractivity contribution in [1.29, 1.82) is 0 Å². The van der Waals surface area contributed by atoms with Crippen molar-refractivity contribution in [3.8, 4) is 0 Å². The molecule has 3 aromatic rings. The minimum Gasteiger partial charge on any atom is -0.352 e. The van der Waals surface area contributed by atoms with Gasteiger partial charge in [-0.05, 0) is 47.9 Å². The molecule has 1 aliphatic rings. The number of anilines is 2. The van der Waals surface area contributed by atoms with Crippen LogP contribution in [-0.2, 0) is 13.0 Å². The Morgan fingerprint density at radius 1 is 1.04 bits per heavy atom. The normalized spacial score (nSPS) is 13.2. The van der Waals surface area contributed by atoms with E-state index in [-0.39, 0.29) is 5.91 Å². The van der Waals surface area contributed by atoms with E-state index in [9.17, 15) is 4.79 Å². The van der Waals surface area contributed by atoms with Crippen LogP contribution < -0.4 is 10.2 Å². The number of rotatable bonds is 3. The summed E-state index contributed by atoms with van der Waals surface area (Å²) in [4.78, 5) is 19.1. The molecule has 0 spiro atoms. The Kier molecular flexibility index (Phi) is 4.59. The number of benzene rings is 2. The van der Waals surface area contributed by atoms with Crippen LogP contribution in [0.25, 0.3) is 0 Å². The molecule has 0 unspecified atom stereocenters. The topological polar surface area (TPSA) is 45.2 Å². The molecule has 2 aromatic carbocycles. The summed E-state index contributed by atoms with van der Waals surface area (Å²) in [6, 6.07) is 19.2. The molecule has 2 heterocycles. The van der Waals surface area contributed by atoms with Gasteiger partial charge in [-0.25, -0.2) is 4.98 Å². The number of fused-ring (bicyclic) bond motifs is 1. The zero-order valence-electron chi connectivity index (χ0n) is 14.2. The van der Waals surface area contributed by atoms with Crippen LogP contribution in [0.15, 0.2) is 66.9 Å². The smallest absolute Gasteiger partial charge is 0.255 e. The zero-order valence-corrected chi connectivity index (χ0v) is 14.9. The second-order valence-corrected chi connectivity index (χ2v) is 6.75. The lowest BCUT2D eigenvalue weighted by atomic mass is 10.00. The lowest BCUT2D eigenvalue weighted by molar-refractivity contribution is 0.102. The predicted molar refractivity (Wildman–Crippen MR) is 105 cm³/mol. The quantitative estimate of drug-likeness (QED) is 0.742. The molecule has 0 atom stereocenters. The van der Waals surface area contributed by atoms with Gasteiger partial charge in [0.1, 0.15) is 5.82 Å². The van der Waals surface area contributed by atoms with Crippen molar-refractivity contribution < 1.29 is 4.79 Å². The van der Waals surface area contributed by atoms with E-state index in [4.69, 9.17) is 11.6 Å². The van der Waals surface area contributed by atoms with Crippen molar-refractivity contribution in [3.63, 3.8) is 0 Å². The molecule has 1 amide bonds. The van der Waals surface area contributed by atoms with Crippen LogP contribution in [0, 0.1) is 0 Å². The maximum absolute atomic E-state index is 12.3. The van der Waals surface area contributed by atoms with E-state index in [0.717, 1.165) is 25.3 Å². The molecule has 1 aromatic heterocycles. The summed E-state index contributed by atoms with van der Waals surface area (Å²) in [5, 5.41) is 3.39. The first-order valence-corrected chi connectivity index (χ1v) is 8.91. The number of nitrogens with zero attached hydrogens (tertiary/aromatic N) is 2. The van der Waals surface area contributed by atoms with Gasteiger partial charge >= 0.3 is 0 Å². The summed E-state index contributed by atoms with van der Waals surface area (Å²) >= 11 is 5.94. The molecule has 0 saturated heterocycles. The summed E-state index contributed by atoms with van der Waals surface area (Å²) in [5.74, 6) is 0.717. The summed E-state index contributed by atoms with van der Waals surface area (Å²) in [6.45, 7) is 1.80. The molecule has 0 bridgehead atoms. The van der Waals surface area contributed by atoms with Gasteiger partial charge < -0.3 is 10.2 Å². The largest absolute Gasteiger partial charge is 0.352 e. The van der Waals surface area contributed by atoms with Gasteiger partial charge in [0.25, 0.3) is 5.91 Å². The number of carbonyl (C=O) groups excluding carboxylic acids is 1. The van der Waals surface area contributed by atoms with Gasteiger partial charge in [-0.3, -0.25) is 4.79 Å². The van der Waals surface area contributed by atoms with Crippen molar-refractivity contribution in [2.24, 2.45) is 0 Å². The number of nitrogens with one attached hydrogen (secondary N) is 1. The Hall–Kier alpha value is -2.85. The Morgan fingerprint density at radius 3 is 2.65 bits per heavy atom. The molecule has 4 rings (SSSR count). The van der Waals surface area contributed by atoms with Crippen molar-refractivity contribution in [3.05, 3.63) is 88.6 Å². The van der Waals surface area contributed by atoms with Crippen molar-refractivity contribution in [2.75, 3.05) is 16.8 Å². The van der Waals surface area contributed by atoms with Crippen molar-refractivity contribution in [1.82, 2.24) is 4.98 Å². The Balaban J connectivity index is 1.45. The predicted octanol–water partition coefficient (Wildman–Crippen LogP) is 4.55. The van der Waals surface area contributed by atoms with Gasteiger partial charge in [0, 0.05) is 23.7 Å². The number of pyridine rings is 1. The third kappa shape index (κ3) is 3.55. The highest BCUT2D eigenvalue weighted by molar-refractivity contribution is 6.31. The Labute approximate surface area is 157 Å². The minimum atomic E-state index is -0.200. The first-order chi connectivity index (χ1) is 12.7. The fraction of sp³-hybridized carbons (Fsp3) is 0.143. The van der Waals surface area contributed by atoms with E-state index in [0.29, 0.717) is 16.3 Å². The molecule has 26 heavy (non-hydrogen) atoms. The standard InChI is InChI=1S/C21H18ClN3O/c22-18-7-3-6-16(12-18)21(26)24-19-8-9-20(23-13-19)25-11-10-15-4-1-2-5-17(15)14-25/h1-9,12-13H,10-11,14H2,(H,24,26). The van der Waals surface area contributed by atoms with E-state index in [1.54, 1.807) is 30.5 Å². The number of hydrogen-bond acceptors (Lipinski definition) is 3. The van der Waals surface area contributed by atoms with Crippen LogP contribution in [0.1, 0.15) is 21.5 Å². The average molecular weight is 364 g/mol. The molecule has 0 radical (unpaired) electrons. The number of aromatic nitrogens is 1. The highest BCUT2D eigenvalue weighted by atomic mass is 35.5. The first-order valence-electron chi connectivity index (χ1n) is 8.54. The van der Waals surface area contributed by atoms with E-state index in [2.05, 4.69) is 39.5 Å². The molecule has 0 fully saturated rings. The molecular weight excluding hydrogens is 346 g/mol. The maximum atomic E-state index is 12.3. The minimum absolute atomic E-state index is 0.200. The van der Waals surface area contributed by atoms with Gasteiger partial charge in [0.2, 0.25) is 0 Å². The number of halogens is 1. The highest BCUT2D eigenvalue weighted by Crippen LogP contribution is 2.24. The molecule has 4 nitrogen and oxygen atoms in total. The molecule has 5 heteroatoms. The molecule has 130 valence electrons. The van der Waals surface area contributed by atoms with E-state index >= 15 is 0 Å². The van der Waals surface area contributed by atoms with E-state index < -0.39 is 0 Å². The van der Waals surface area contributed by atoms with Gasteiger partial charge in [-0.15, -0.1) is 0 Å². The molecule has 1 aliphatic heterocycles. The summed E-state index contributed by atoms with van der Waals surface area (Å²) < 4.78 is 0. The number of hydrogen-bond donors (Lipinski definition) is 1. The number of carbonyl (C=O) groups is 1. The maximum Gasteiger partial charge on any atom is 0.255 e. The highest BCUT2D eigenvalue weighted by Gasteiger charge is 2.17. The lowest BCUT2D eigenvalue weighted by Gasteiger charge is -2.29. The fourth-order valence-electron chi connectivity index (χ4n) is 3.17. The van der Waals surface area contributed by atoms with Gasteiger partial charge in [0.05, 0.1) is 11.9 Å². The second kappa shape index (κ2) is 7.18. The van der Waals surface area contributed by atoms with Crippen LogP contribution in [0.4, 0.5) is 11.5 Å². The lowest BCUT2D eigenvalue weighted by Crippen LogP contribution is -2.30. The molecule has 0 saturated carbocycles. The first kappa shape index (κ1) is 16.6. The second-order valence-electron chi connectivity index (χ2n) is 6.31. The summed E-state index contributed by atoms with van der Waals surface area (Å²) in [7, 11) is 0. The van der Waals surface area contributed by atoms with Gasteiger partial charge in [-0.2, -0.15) is 0 Å². The molecule has 1 N–H and O–H groups in total. The van der Waals surface area contributed by atoms with Crippen molar-refractivity contribution >= 4 is 29.0 Å². The monoisotopic (exact) mass is 363 g/mol. The van der Waals surface area contributed by atoms with Crippen LogP contribution in [0.5, 0.6) is 0 Å². The Bertz CT molecular complexity index is 940. The number of amides is 1. The van der Waals surface area contributed by atoms with Gasteiger partial charge in [-0.1, -0.05) is 41.9 Å². The van der Waals surface area contributed by atoms with E-state index in [1.807, 2.05) is 12.1 Å². The molecular formula is C21H18ClN3O.